The Bertz CT molecular complexity index is 854. The molecule has 24 heavy (non-hydrogen) atoms. The van der Waals surface area contributed by atoms with Gasteiger partial charge in [0, 0.05) is 28.5 Å². The summed E-state index contributed by atoms with van der Waals surface area (Å²) >= 11 is 6.15. The second kappa shape index (κ2) is 7.19. The summed E-state index contributed by atoms with van der Waals surface area (Å²) in [4.78, 5) is 8.47. The van der Waals surface area contributed by atoms with Gasteiger partial charge >= 0.3 is 0 Å². The fourth-order valence-electron chi connectivity index (χ4n) is 2.16. The Morgan fingerprint density at radius 3 is 2.29 bits per heavy atom. The molecular formula is C18H17ClN4O. The standard InChI is InChI=1S/C18H17ClN4O/c1-12-6-7-14(9-16(12)19)23-18-10-17(20-11-21-18)22-13-4-3-5-15(8-13)24-2/h3-11H,1-2H3,(H2,20,21,22,23). The fourth-order valence-corrected chi connectivity index (χ4v) is 2.34. The van der Waals surface area contributed by atoms with Crippen LogP contribution in [-0.4, -0.2) is 17.1 Å². The van der Waals surface area contributed by atoms with Gasteiger partial charge in [0.05, 0.1) is 7.11 Å². The highest BCUT2D eigenvalue weighted by Crippen LogP contribution is 2.24. The van der Waals surface area contributed by atoms with E-state index in [1.807, 2.05) is 55.5 Å². The number of aryl methyl sites for hydroxylation is 1. The molecule has 0 saturated heterocycles. The zero-order valence-corrected chi connectivity index (χ0v) is 14.1. The summed E-state index contributed by atoms with van der Waals surface area (Å²) in [6.45, 7) is 1.97. The molecule has 3 rings (SSSR count). The van der Waals surface area contributed by atoms with Gasteiger partial charge in [0.2, 0.25) is 0 Å². The maximum atomic E-state index is 6.15. The molecule has 1 aromatic heterocycles. The highest BCUT2D eigenvalue weighted by molar-refractivity contribution is 6.31. The van der Waals surface area contributed by atoms with Crippen molar-refractivity contribution in [3.63, 3.8) is 0 Å². The van der Waals surface area contributed by atoms with Gasteiger partial charge in [-0.25, -0.2) is 9.97 Å². The van der Waals surface area contributed by atoms with Gasteiger partial charge in [-0.05, 0) is 36.8 Å². The Morgan fingerprint density at radius 2 is 1.62 bits per heavy atom. The molecule has 1 heterocycles. The van der Waals surface area contributed by atoms with Crippen LogP contribution in [0.1, 0.15) is 5.56 Å². The van der Waals surface area contributed by atoms with Gasteiger partial charge in [0.1, 0.15) is 23.7 Å². The highest BCUT2D eigenvalue weighted by Gasteiger charge is 2.03. The lowest BCUT2D eigenvalue weighted by Gasteiger charge is -2.10. The van der Waals surface area contributed by atoms with Crippen molar-refractivity contribution in [3.8, 4) is 5.75 Å². The first-order chi connectivity index (χ1) is 11.6. The molecule has 0 amide bonds. The molecule has 0 spiro atoms. The van der Waals surface area contributed by atoms with E-state index in [1.165, 1.54) is 6.33 Å². The number of hydrogen-bond donors (Lipinski definition) is 2. The number of hydrogen-bond acceptors (Lipinski definition) is 5. The molecule has 0 saturated carbocycles. The second-order valence-corrected chi connectivity index (χ2v) is 5.64. The number of methoxy groups -OCH3 is 1. The number of anilines is 4. The highest BCUT2D eigenvalue weighted by atomic mass is 35.5. The third-order valence-corrected chi connectivity index (χ3v) is 3.86. The van der Waals surface area contributed by atoms with E-state index in [1.54, 1.807) is 7.11 Å². The van der Waals surface area contributed by atoms with Crippen LogP contribution >= 0.6 is 11.6 Å². The summed E-state index contributed by atoms with van der Waals surface area (Å²) in [6, 6.07) is 15.3. The van der Waals surface area contributed by atoms with Crippen LogP contribution in [0.3, 0.4) is 0 Å². The molecule has 2 aromatic carbocycles. The van der Waals surface area contributed by atoms with E-state index in [9.17, 15) is 0 Å². The minimum absolute atomic E-state index is 0.676. The van der Waals surface area contributed by atoms with Crippen LogP contribution in [-0.2, 0) is 0 Å². The predicted molar refractivity (Wildman–Crippen MR) is 97.8 cm³/mol. The van der Waals surface area contributed by atoms with E-state index >= 15 is 0 Å². The first-order valence-electron chi connectivity index (χ1n) is 7.40. The van der Waals surface area contributed by atoms with E-state index in [0.29, 0.717) is 16.7 Å². The van der Waals surface area contributed by atoms with Gasteiger partial charge in [0.15, 0.2) is 0 Å². The van der Waals surface area contributed by atoms with E-state index in [-0.39, 0.29) is 0 Å². The number of nitrogens with one attached hydrogen (secondary N) is 2. The lowest BCUT2D eigenvalue weighted by Crippen LogP contribution is -1.98. The van der Waals surface area contributed by atoms with Crippen molar-refractivity contribution in [2.24, 2.45) is 0 Å². The van der Waals surface area contributed by atoms with Crippen molar-refractivity contribution in [2.45, 2.75) is 6.92 Å². The molecule has 0 aliphatic carbocycles. The van der Waals surface area contributed by atoms with Crippen molar-refractivity contribution < 1.29 is 4.74 Å². The normalized spacial score (nSPS) is 10.3. The number of benzene rings is 2. The van der Waals surface area contributed by atoms with Crippen LogP contribution in [0.2, 0.25) is 5.02 Å². The molecule has 2 N–H and O–H groups in total. The molecule has 0 fully saturated rings. The third-order valence-electron chi connectivity index (χ3n) is 3.45. The van der Waals surface area contributed by atoms with Crippen molar-refractivity contribution in [2.75, 3.05) is 17.7 Å². The van der Waals surface area contributed by atoms with Gasteiger partial charge in [-0.1, -0.05) is 23.7 Å². The Morgan fingerprint density at radius 1 is 0.917 bits per heavy atom. The van der Waals surface area contributed by atoms with E-state index in [2.05, 4.69) is 20.6 Å². The average molecular weight is 341 g/mol. The quantitative estimate of drug-likeness (QED) is 0.689. The average Bonchev–Trinajstić information content (AvgIpc) is 2.59. The Balaban J connectivity index is 1.77. The van der Waals surface area contributed by atoms with Crippen LogP contribution < -0.4 is 15.4 Å². The SMILES string of the molecule is COc1cccc(Nc2cc(Nc3ccc(C)c(Cl)c3)ncn2)c1. The minimum atomic E-state index is 0.676. The molecule has 122 valence electrons. The predicted octanol–water partition coefficient (Wildman–Crippen LogP) is 4.93. The summed E-state index contributed by atoms with van der Waals surface area (Å²) < 4.78 is 5.22. The zero-order valence-electron chi connectivity index (χ0n) is 13.4. The fraction of sp³-hybridized carbons (Fsp3) is 0.111. The second-order valence-electron chi connectivity index (χ2n) is 5.23. The molecule has 0 aliphatic heterocycles. The Kier molecular flexibility index (Phi) is 4.82. The van der Waals surface area contributed by atoms with Crippen LogP contribution in [0, 0.1) is 6.92 Å². The summed E-state index contributed by atoms with van der Waals surface area (Å²) in [5.74, 6) is 2.14. The van der Waals surface area contributed by atoms with Gasteiger partial charge < -0.3 is 15.4 Å². The third kappa shape index (κ3) is 3.94. The summed E-state index contributed by atoms with van der Waals surface area (Å²) in [5, 5.41) is 7.16. The molecular weight excluding hydrogens is 324 g/mol. The first-order valence-corrected chi connectivity index (χ1v) is 7.78. The Hall–Kier alpha value is -2.79. The van der Waals surface area contributed by atoms with Crippen molar-refractivity contribution in [3.05, 3.63) is 65.4 Å². The number of nitrogens with zero attached hydrogens (tertiary/aromatic N) is 2. The molecule has 3 aromatic rings. The molecule has 0 aliphatic rings. The molecule has 0 unspecified atom stereocenters. The van der Waals surface area contributed by atoms with E-state index in [0.717, 1.165) is 22.7 Å². The lowest BCUT2D eigenvalue weighted by atomic mass is 10.2. The number of halogens is 1. The van der Waals surface area contributed by atoms with Crippen molar-refractivity contribution >= 4 is 34.6 Å². The van der Waals surface area contributed by atoms with Crippen molar-refractivity contribution in [1.29, 1.82) is 0 Å². The first kappa shape index (κ1) is 16.1. The van der Waals surface area contributed by atoms with Gasteiger partial charge in [-0.15, -0.1) is 0 Å². The van der Waals surface area contributed by atoms with Crippen LogP contribution in [0.5, 0.6) is 5.75 Å². The van der Waals surface area contributed by atoms with Gasteiger partial charge in [-0.3, -0.25) is 0 Å². The van der Waals surface area contributed by atoms with E-state index < -0.39 is 0 Å². The maximum Gasteiger partial charge on any atom is 0.135 e. The molecule has 0 bridgehead atoms. The monoisotopic (exact) mass is 340 g/mol. The van der Waals surface area contributed by atoms with Crippen LogP contribution in [0.15, 0.2) is 54.9 Å². The zero-order chi connectivity index (χ0) is 16.9. The maximum absolute atomic E-state index is 6.15. The largest absolute Gasteiger partial charge is 0.497 e. The molecule has 0 atom stereocenters. The Labute approximate surface area is 145 Å². The minimum Gasteiger partial charge on any atom is -0.497 e. The van der Waals surface area contributed by atoms with Crippen molar-refractivity contribution in [1.82, 2.24) is 9.97 Å². The van der Waals surface area contributed by atoms with Gasteiger partial charge in [0.25, 0.3) is 0 Å². The number of ether oxygens (including phenoxy) is 1. The molecule has 5 nitrogen and oxygen atoms in total. The van der Waals surface area contributed by atoms with Gasteiger partial charge in [-0.2, -0.15) is 0 Å². The van der Waals surface area contributed by atoms with Crippen LogP contribution in [0.4, 0.5) is 23.0 Å². The lowest BCUT2D eigenvalue weighted by molar-refractivity contribution is 0.415. The summed E-state index contributed by atoms with van der Waals surface area (Å²) in [5.41, 5.74) is 2.79. The smallest absolute Gasteiger partial charge is 0.135 e. The number of rotatable bonds is 5. The van der Waals surface area contributed by atoms with E-state index in [4.69, 9.17) is 16.3 Å². The van der Waals surface area contributed by atoms with Crippen LogP contribution in [0.25, 0.3) is 0 Å². The molecule has 6 heteroatoms. The summed E-state index contributed by atoms with van der Waals surface area (Å²) in [7, 11) is 1.64. The molecule has 0 radical (unpaired) electrons. The topological polar surface area (TPSA) is 59.1 Å². The number of aromatic nitrogens is 2. The summed E-state index contributed by atoms with van der Waals surface area (Å²) in [6.07, 6.45) is 1.50.